The van der Waals surface area contributed by atoms with Gasteiger partial charge in [0.1, 0.15) is 11.3 Å². The van der Waals surface area contributed by atoms with Gasteiger partial charge in [0, 0.05) is 12.5 Å². The van der Waals surface area contributed by atoms with Crippen molar-refractivity contribution in [2.75, 3.05) is 6.54 Å². The predicted molar refractivity (Wildman–Crippen MR) is 77.3 cm³/mol. The Bertz CT molecular complexity index is 653. The predicted octanol–water partition coefficient (Wildman–Crippen LogP) is 2.60. The molecule has 0 atom stereocenters. The van der Waals surface area contributed by atoms with E-state index in [1.165, 1.54) is 6.42 Å². The Morgan fingerprint density at radius 1 is 1.27 bits per heavy atom. The van der Waals surface area contributed by atoms with E-state index >= 15 is 0 Å². The summed E-state index contributed by atoms with van der Waals surface area (Å²) in [7, 11) is 0. The smallest absolute Gasteiger partial charge is 0.259 e. The van der Waals surface area contributed by atoms with Gasteiger partial charge in [-0.15, -0.1) is 0 Å². The molecule has 1 aliphatic rings. The van der Waals surface area contributed by atoms with Gasteiger partial charge < -0.3 is 13.9 Å². The lowest BCUT2D eigenvalue weighted by molar-refractivity contribution is 0.0745. The Hall–Kier alpha value is -2.18. The minimum Gasteiger partial charge on any atom is -0.361 e. The Kier molecular flexibility index (Phi) is 3.96. The van der Waals surface area contributed by atoms with Crippen LogP contribution in [0.15, 0.2) is 9.05 Å². The molecule has 3 rings (SSSR count). The van der Waals surface area contributed by atoms with E-state index in [4.69, 9.17) is 9.05 Å². The molecule has 22 heavy (non-hydrogen) atoms. The van der Waals surface area contributed by atoms with Crippen molar-refractivity contribution in [1.29, 1.82) is 0 Å². The molecule has 2 aromatic heterocycles. The lowest BCUT2D eigenvalue weighted by atomic mass is 9.85. The molecule has 7 nitrogen and oxygen atoms in total. The second-order valence-electron chi connectivity index (χ2n) is 5.70. The summed E-state index contributed by atoms with van der Waals surface area (Å²) in [6.07, 6.45) is 3.43. The highest BCUT2D eigenvalue weighted by atomic mass is 16.5. The molecule has 1 amide bonds. The van der Waals surface area contributed by atoms with Crippen LogP contribution in [0.4, 0.5) is 0 Å². The first-order chi connectivity index (χ1) is 10.6. The van der Waals surface area contributed by atoms with Gasteiger partial charge in [0.15, 0.2) is 5.82 Å². The second kappa shape index (κ2) is 5.90. The highest BCUT2D eigenvalue weighted by Gasteiger charge is 2.27. The SMILES string of the molecule is CCN(Cc1noc(C2CCC2)n1)C(=O)c1c(C)noc1C. The normalized spacial score (nSPS) is 14.9. The van der Waals surface area contributed by atoms with Crippen LogP contribution in [0.5, 0.6) is 0 Å². The molecular formula is C15H20N4O3. The Balaban J connectivity index is 1.74. The van der Waals surface area contributed by atoms with E-state index in [0.29, 0.717) is 47.7 Å². The van der Waals surface area contributed by atoms with E-state index in [9.17, 15) is 4.79 Å². The van der Waals surface area contributed by atoms with Gasteiger partial charge in [-0.3, -0.25) is 4.79 Å². The fourth-order valence-corrected chi connectivity index (χ4v) is 2.60. The molecule has 0 aromatic carbocycles. The summed E-state index contributed by atoms with van der Waals surface area (Å²) >= 11 is 0. The standard InChI is InChI=1S/C15H20N4O3/c1-4-19(15(20)13-9(2)17-21-10(13)3)8-12-16-14(22-18-12)11-6-5-7-11/h11H,4-8H2,1-3H3. The van der Waals surface area contributed by atoms with E-state index in [0.717, 1.165) is 12.8 Å². The van der Waals surface area contributed by atoms with Gasteiger partial charge in [0.05, 0.1) is 12.2 Å². The van der Waals surface area contributed by atoms with Crippen molar-refractivity contribution in [2.24, 2.45) is 0 Å². The molecule has 0 saturated heterocycles. The molecule has 1 fully saturated rings. The third-order valence-electron chi connectivity index (χ3n) is 4.19. The maximum Gasteiger partial charge on any atom is 0.259 e. The lowest BCUT2D eigenvalue weighted by Crippen LogP contribution is -2.31. The topological polar surface area (TPSA) is 85.3 Å². The van der Waals surface area contributed by atoms with Crippen molar-refractivity contribution in [1.82, 2.24) is 20.2 Å². The van der Waals surface area contributed by atoms with E-state index in [1.807, 2.05) is 6.92 Å². The van der Waals surface area contributed by atoms with Crippen LogP contribution in [0, 0.1) is 13.8 Å². The van der Waals surface area contributed by atoms with E-state index < -0.39 is 0 Å². The first-order valence-corrected chi connectivity index (χ1v) is 7.64. The zero-order valence-electron chi connectivity index (χ0n) is 13.1. The molecule has 118 valence electrons. The van der Waals surface area contributed by atoms with Gasteiger partial charge in [0.25, 0.3) is 5.91 Å². The monoisotopic (exact) mass is 304 g/mol. The summed E-state index contributed by atoms with van der Waals surface area (Å²) < 4.78 is 10.4. The van der Waals surface area contributed by atoms with Crippen LogP contribution >= 0.6 is 0 Å². The van der Waals surface area contributed by atoms with Crippen molar-refractivity contribution >= 4 is 5.91 Å². The van der Waals surface area contributed by atoms with Gasteiger partial charge in [-0.25, -0.2) is 0 Å². The van der Waals surface area contributed by atoms with Gasteiger partial charge in [-0.1, -0.05) is 16.7 Å². The number of carbonyl (C=O) groups excluding carboxylic acids is 1. The van der Waals surface area contributed by atoms with Crippen molar-refractivity contribution in [3.8, 4) is 0 Å². The lowest BCUT2D eigenvalue weighted by Gasteiger charge is -2.20. The average molecular weight is 304 g/mol. The number of carbonyl (C=O) groups is 1. The van der Waals surface area contributed by atoms with Crippen molar-refractivity contribution in [3.05, 3.63) is 28.7 Å². The number of aromatic nitrogens is 3. The minimum absolute atomic E-state index is 0.117. The van der Waals surface area contributed by atoms with Gasteiger partial charge >= 0.3 is 0 Å². The summed E-state index contributed by atoms with van der Waals surface area (Å²) in [6.45, 7) is 6.31. The molecule has 2 heterocycles. The van der Waals surface area contributed by atoms with Crippen LogP contribution in [0.1, 0.15) is 65.6 Å². The van der Waals surface area contributed by atoms with Crippen molar-refractivity contribution < 1.29 is 13.8 Å². The fourth-order valence-electron chi connectivity index (χ4n) is 2.60. The van der Waals surface area contributed by atoms with E-state index in [2.05, 4.69) is 15.3 Å². The molecule has 0 N–H and O–H groups in total. The molecular weight excluding hydrogens is 284 g/mol. The minimum atomic E-state index is -0.117. The highest BCUT2D eigenvalue weighted by molar-refractivity contribution is 5.96. The first kappa shape index (κ1) is 14.7. The summed E-state index contributed by atoms with van der Waals surface area (Å²) in [5.41, 5.74) is 1.12. The molecule has 1 aliphatic carbocycles. The first-order valence-electron chi connectivity index (χ1n) is 7.64. The highest BCUT2D eigenvalue weighted by Crippen LogP contribution is 2.35. The molecule has 0 unspecified atom stereocenters. The number of rotatable bonds is 5. The van der Waals surface area contributed by atoms with E-state index in [-0.39, 0.29) is 5.91 Å². The molecule has 1 saturated carbocycles. The molecule has 2 aromatic rings. The molecule has 0 bridgehead atoms. The summed E-state index contributed by atoms with van der Waals surface area (Å²) in [5.74, 6) is 2.05. The quantitative estimate of drug-likeness (QED) is 0.844. The molecule has 7 heteroatoms. The Labute approximate surface area is 128 Å². The van der Waals surface area contributed by atoms with Crippen molar-refractivity contribution in [3.63, 3.8) is 0 Å². The molecule has 0 spiro atoms. The molecule has 0 aliphatic heterocycles. The van der Waals surface area contributed by atoms with Crippen LogP contribution in [0.2, 0.25) is 0 Å². The number of aryl methyl sites for hydroxylation is 2. The average Bonchev–Trinajstić information content (AvgIpc) is 3.01. The number of amides is 1. The third kappa shape index (κ3) is 2.63. The zero-order chi connectivity index (χ0) is 15.7. The van der Waals surface area contributed by atoms with E-state index in [1.54, 1.807) is 18.7 Å². The second-order valence-corrected chi connectivity index (χ2v) is 5.70. The molecule has 0 radical (unpaired) electrons. The Morgan fingerprint density at radius 3 is 2.59 bits per heavy atom. The van der Waals surface area contributed by atoms with Crippen LogP contribution in [-0.2, 0) is 6.54 Å². The van der Waals surface area contributed by atoms with Crippen LogP contribution in [0.3, 0.4) is 0 Å². The largest absolute Gasteiger partial charge is 0.361 e. The van der Waals surface area contributed by atoms with Crippen LogP contribution in [-0.4, -0.2) is 32.6 Å². The van der Waals surface area contributed by atoms with Gasteiger partial charge in [0.2, 0.25) is 5.89 Å². The number of nitrogens with zero attached hydrogens (tertiary/aromatic N) is 4. The maximum absolute atomic E-state index is 12.6. The summed E-state index contributed by atoms with van der Waals surface area (Å²) in [6, 6.07) is 0. The van der Waals surface area contributed by atoms with Gasteiger partial charge in [-0.05, 0) is 33.6 Å². The number of hydrogen-bond acceptors (Lipinski definition) is 6. The van der Waals surface area contributed by atoms with Crippen LogP contribution < -0.4 is 0 Å². The maximum atomic E-state index is 12.6. The zero-order valence-corrected chi connectivity index (χ0v) is 13.1. The summed E-state index contributed by atoms with van der Waals surface area (Å²) in [4.78, 5) is 18.7. The Morgan fingerprint density at radius 2 is 2.05 bits per heavy atom. The summed E-state index contributed by atoms with van der Waals surface area (Å²) in [5, 5.41) is 7.83. The number of hydrogen-bond donors (Lipinski definition) is 0. The van der Waals surface area contributed by atoms with Crippen molar-refractivity contribution in [2.45, 2.75) is 52.5 Å². The third-order valence-corrected chi connectivity index (χ3v) is 4.19. The fraction of sp³-hybridized carbons (Fsp3) is 0.600. The van der Waals surface area contributed by atoms with Gasteiger partial charge in [-0.2, -0.15) is 4.98 Å². The van der Waals surface area contributed by atoms with Crippen LogP contribution in [0.25, 0.3) is 0 Å².